The largest absolute Gasteiger partial charge is 0.382 e. The lowest BCUT2D eigenvalue weighted by Gasteiger charge is -2.20. The quantitative estimate of drug-likeness (QED) is 0.270. The fourth-order valence-electron chi connectivity index (χ4n) is 1.55. The molecule has 0 radical (unpaired) electrons. The van der Waals surface area contributed by atoms with E-state index in [4.69, 9.17) is 10.6 Å². The summed E-state index contributed by atoms with van der Waals surface area (Å²) in [5.41, 5.74) is 3.21. The van der Waals surface area contributed by atoms with E-state index in [0.29, 0.717) is 31.4 Å². The summed E-state index contributed by atoms with van der Waals surface area (Å²) in [5, 5.41) is 0. The van der Waals surface area contributed by atoms with E-state index in [-0.39, 0.29) is 5.82 Å². The average Bonchev–Trinajstić information content (AvgIpc) is 2.42. The van der Waals surface area contributed by atoms with Gasteiger partial charge >= 0.3 is 0 Å². The highest BCUT2D eigenvalue weighted by Gasteiger charge is 2.07. The molecule has 5 nitrogen and oxygen atoms in total. The molecule has 0 atom stereocenters. The molecular formula is C13H21FN4O. The maximum Gasteiger partial charge on any atom is 0.212 e. The molecule has 0 bridgehead atoms. The van der Waals surface area contributed by atoms with Crippen LogP contribution >= 0.6 is 0 Å². The molecule has 1 aromatic rings. The molecule has 0 saturated heterocycles. The summed E-state index contributed by atoms with van der Waals surface area (Å²) in [6.07, 6.45) is 0.815. The molecule has 0 fully saturated rings. The predicted octanol–water partition coefficient (Wildman–Crippen LogP) is 1.51. The first-order valence-electron chi connectivity index (χ1n) is 6.27. The molecule has 0 spiro atoms. The van der Waals surface area contributed by atoms with Gasteiger partial charge in [-0.25, -0.2) is 10.2 Å². The molecular weight excluding hydrogens is 247 g/mol. The summed E-state index contributed by atoms with van der Waals surface area (Å²) in [5.74, 6) is 5.64. The lowest BCUT2D eigenvalue weighted by molar-refractivity contribution is 0.146. The summed E-state index contributed by atoms with van der Waals surface area (Å²) in [6, 6.07) is 6.25. The van der Waals surface area contributed by atoms with E-state index < -0.39 is 0 Å². The Bertz CT molecular complexity index is 411. The van der Waals surface area contributed by atoms with Gasteiger partial charge in [-0.1, -0.05) is 6.07 Å². The van der Waals surface area contributed by atoms with Crippen molar-refractivity contribution in [1.82, 2.24) is 5.43 Å². The van der Waals surface area contributed by atoms with Crippen LogP contribution in [0.25, 0.3) is 0 Å². The van der Waals surface area contributed by atoms with Crippen LogP contribution in [0.2, 0.25) is 0 Å². The van der Waals surface area contributed by atoms with E-state index >= 15 is 0 Å². The molecule has 0 aliphatic rings. The highest BCUT2D eigenvalue weighted by molar-refractivity contribution is 5.95. The Morgan fingerprint density at radius 3 is 2.95 bits per heavy atom. The SMILES string of the molecule is CCOCCCN=C(NN)N(C)c1cccc(F)c1. The van der Waals surface area contributed by atoms with Crippen molar-refractivity contribution in [3.8, 4) is 0 Å². The minimum Gasteiger partial charge on any atom is -0.382 e. The van der Waals surface area contributed by atoms with Crippen LogP contribution in [0.3, 0.4) is 0 Å². The zero-order valence-electron chi connectivity index (χ0n) is 11.4. The minimum atomic E-state index is -0.294. The van der Waals surface area contributed by atoms with Crippen LogP contribution in [0, 0.1) is 5.82 Å². The van der Waals surface area contributed by atoms with E-state index in [1.54, 1.807) is 24.1 Å². The molecule has 3 N–H and O–H groups in total. The van der Waals surface area contributed by atoms with Crippen molar-refractivity contribution in [1.29, 1.82) is 0 Å². The standard InChI is InChI=1S/C13H21FN4O/c1-3-19-9-5-8-16-13(17-15)18(2)12-7-4-6-11(14)10-12/h4,6-7,10H,3,5,8-9,15H2,1-2H3,(H,16,17). The summed E-state index contributed by atoms with van der Waals surface area (Å²) in [4.78, 5) is 6.02. The summed E-state index contributed by atoms with van der Waals surface area (Å²) >= 11 is 0. The molecule has 6 heteroatoms. The third-order valence-corrected chi connectivity index (χ3v) is 2.55. The first kappa shape index (κ1) is 15.4. The molecule has 106 valence electrons. The van der Waals surface area contributed by atoms with E-state index in [0.717, 1.165) is 6.42 Å². The van der Waals surface area contributed by atoms with Gasteiger partial charge in [-0.05, 0) is 31.5 Å². The number of nitrogens with zero attached hydrogens (tertiary/aromatic N) is 2. The van der Waals surface area contributed by atoms with Gasteiger partial charge in [-0.3, -0.25) is 10.4 Å². The number of anilines is 1. The Kier molecular flexibility index (Phi) is 6.84. The number of hydrogen-bond donors (Lipinski definition) is 2. The molecule has 0 heterocycles. The number of nitrogens with two attached hydrogens (primary N) is 1. The molecule has 0 aliphatic heterocycles. The highest BCUT2D eigenvalue weighted by Crippen LogP contribution is 2.13. The monoisotopic (exact) mass is 268 g/mol. The van der Waals surface area contributed by atoms with Crippen molar-refractivity contribution < 1.29 is 9.13 Å². The number of aliphatic imine (C=N–C) groups is 1. The third-order valence-electron chi connectivity index (χ3n) is 2.55. The summed E-state index contributed by atoms with van der Waals surface area (Å²) in [6.45, 7) is 3.92. The zero-order valence-corrected chi connectivity index (χ0v) is 11.4. The second-order valence-electron chi connectivity index (χ2n) is 3.94. The molecule has 0 aromatic heterocycles. The maximum absolute atomic E-state index is 13.2. The van der Waals surface area contributed by atoms with E-state index in [1.165, 1.54) is 12.1 Å². The van der Waals surface area contributed by atoms with Gasteiger partial charge < -0.3 is 9.64 Å². The predicted molar refractivity (Wildman–Crippen MR) is 75.5 cm³/mol. The first-order valence-corrected chi connectivity index (χ1v) is 6.27. The van der Waals surface area contributed by atoms with Gasteiger partial charge in [0.25, 0.3) is 0 Å². The molecule has 0 aliphatic carbocycles. The van der Waals surface area contributed by atoms with Crippen molar-refractivity contribution in [2.24, 2.45) is 10.8 Å². The number of benzene rings is 1. The Labute approximate surface area is 113 Å². The van der Waals surface area contributed by atoms with E-state index in [9.17, 15) is 4.39 Å². The van der Waals surface area contributed by atoms with Gasteiger partial charge in [0, 0.05) is 32.5 Å². The van der Waals surface area contributed by atoms with Gasteiger partial charge in [-0.15, -0.1) is 0 Å². The molecule has 19 heavy (non-hydrogen) atoms. The number of rotatable bonds is 6. The Hall–Kier alpha value is -1.66. The smallest absolute Gasteiger partial charge is 0.212 e. The number of nitrogens with one attached hydrogen (secondary N) is 1. The van der Waals surface area contributed by atoms with Crippen molar-refractivity contribution in [3.63, 3.8) is 0 Å². The average molecular weight is 268 g/mol. The van der Waals surface area contributed by atoms with Crippen LogP contribution < -0.4 is 16.2 Å². The zero-order chi connectivity index (χ0) is 14.1. The molecule has 1 aromatic carbocycles. The van der Waals surface area contributed by atoms with Gasteiger partial charge in [0.1, 0.15) is 5.82 Å². The second kappa shape index (κ2) is 8.44. The molecule has 0 unspecified atom stereocenters. The van der Waals surface area contributed by atoms with Crippen LogP contribution in [0.15, 0.2) is 29.3 Å². The van der Waals surface area contributed by atoms with Crippen LogP contribution in [-0.2, 0) is 4.74 Å². The Morgan fingerprint density at radius 2 is 2.32 bits per heavy atom. The fraction of sp³-hybridized carbons (Fsp3) is 0.462. The molecule has 1 rings (SSSR count). The number of hydrogen-bond acceptors (Lipinski definition) is 3. The van der Waals surface area contributed by atoms with E-state index in [1.807, 2.05) is 6.92 Å². The number of hydrazine groups is 1. The normalized spacial score (nSPS) is 11.5. The van der Waals surface area contributed by atoms with Gasteiger partial charge in [0.05, 0.1) is 0 Å². The molecule has 0 saturated carbocycles. The Balaban J connectivity index is 2.60. The van der Waals surface area contributed by atoms with Gasteiger partial charge in [0.2, 0.25) is 5.96 Å². The number of guanidine groups is 1. The van der Waals surface area contributed by atoms with Gasteiger partial charge in [-0.2, -0.15) is 0 Å². The molecule has 0 amide bonds. The first-order chi connectivity index (χ1) is 9.19. The second-order valence-corrected chi connectivity index (χ2v) is 3.94. The van der Waals surface area contributed by atoms with Crippen LogP contribution in [-0.4, -0.2) is 32.8 Å². The number of halogens is 1. The summed E-state index contributed by atoms with van der Waals surface area (Å²) < 4.78 is 18.4. The number of ether oxygens (including phenoxy) is 1. The highest BCUT2D eigenvalue weighted by atomic mass is 19.1. The van der Waals surface area contributed by atoms with Crippen LogP contribution in [0.4, 0.5) is 10.1 Å². The van der Waals surface area contributed by atoms with Gasteiger partial charge in [0.15, 0.2) is 0 Å². The maximum atomic E-state index is 13.2. The van der Waals surface area contributed by atoms with Crippen LogP contribution in [0.5, 0.6) is 0 Å². The fourth-order valence-corrected chi connectivity index (χ4v) is 1.55. The summed E-state index contributed by atoms with van der Waals surface area (Å²) in [7, 11) is 1.77. The Morgan fingerprint density at radius 1 is 1.53 bits per heavy atom. The van der Waals surface area contributed by atoms with Crippen molar-refractivity contribution in [2.45, 2.75) is 13.3 Å². The van der Waals surface area contributed by atoms with Crippen molar-refractivity contribution in [2.75, 3.05) is 31.7 Å². The topological polar surface area (TPSA) is 62.9 Å². The third kappa shape index (κ3) is 5.23. The van der Waals surface area contributed by atoms with E-state index in [2.05, 4.69) is 10.4 Å². The van der Waals surface area contributed by atoms with Crippen LogP contribution in [0.1, 0.15) is 13.3 Å². The van der Waals surface area contributed by atoms with Crippen molar-refractivity contribution >= 4 is 11.6 Å². The lowest BCUT2D eigenvalue weighted by Crippen LogP contribution is -2.43. The minimum absolute atomic E-state index is 0.294. The van der Waals surface area contributed by atoms with Crippen molar-refractivity contribution in [3.05, 3.63) is 30.1 Å². The lowest BCUT2D eigenvalue weighted by atomic mass is 10.3.